The lowest BCUT2D eigenvalue weighted by molar-refractivity contribution is -0.133. The smallest absolute Gasteiger partial charge is 0.404 e. The number of hydrogen-bond donors (Lipinski definition) is 6. The van der Waals surface area contributed by atoms with Gasteiger partial charge in [-0.3, -0.25) is 14.4 Å². The Morgan fingerprint density at radius 1 is 1.03 bits per heavy atom. The first-order valence-electron chi connectivity index (χ1n) is 11.8. The largest absolute Gasteiger partial charge is 0.465 e. The van der Waals surface area contributed by atoms with Crippen molar-refractivity contribution in [3.05, 3.63) is 35.4 Å². The second-order valence-corrected chi connectivity index (χ2v) is 8.97. The quantitative estimate of drug-likeness (QED) is 0.282. The normalized spacial score (nSPS) is 17.6. The zero-order valence-electron chi connectivity index (χ0n) is 20.3. The van der Waals surface area contributed by atoms with Gasteiger partial charge in [0.25, 0.3) is 0 Å². The first-order chi connectivity index (χ1) is 16.1. The number of aryl methyl sites for hydroxylation is 1. The van der Waals surface area contributed by atoms with Gasteiger partial charge >= 0.3 is 6.09 Å². The van der Waals surface area contributed by atoms with Crippen LogP contribution in [-0.4, -0.2) is 60.6 Å². The standard InChI is InChI=1S/C24H37N5O5/c1-14(2)20(29-21(30)15(3)25-4)23(32)28-19(12-13-26-24(33)34)22(31)27-18-11-7-9-16-8-5-6-10-17(16)18/h5-6,8,10,14-15,18-20,25-26H,7,9,11-13H2,1-4H3,(H,27,31)(H,28,32)(H,29,30)(H,33,34). The van der Waals surface area contributed by atoms with Crippen molar-refractivity contribution >= 4 is 23.8 Å². The zero-order chi connectivity index (χ0) is 25.3. The second-order valence-electron chi connectivity index (χ2n) is 8.97. The van der Waals surface area contributed by atoms with E-state index in [0.29, 0.717) is 0 Å². The third-order valence-electron chi connectivity index (χ3n) is 6.10. The molecular formula is C24H37N5O5. The SMILES string of the molecule is CNC(C)C(=O)NC(C(=O)NC(CCNC(=O)O)C(=O)NC1CCCc2ccccc21)C(C)C. The van der Waals surface area contributed by atoms with Gasteiger partial charge in [0.1, 0.15) is 12.1 Å². The summed E-state index contributed by atoms with van der Waals surface area (Å²) in [4.78, 5) is 49.5. The number of rotatable bonds is 11. The minimum absolute atomic E-state index is 0.00948. The Kier molecular flexibility index (Phi) is 10.3. The van der Waals surface area contributed by atoms with Gasteiger partial charge in [0.15, 0.2) is 0 Å². The van der Waals surface area contributed by atoms with E-state index in [1.54, 1.807) is 27.8 Å². The van der Waals surface area contributed by atoms with Crippen molar-refractivity contribution in [2.45, 2.75) is 70.6 Å². The summed E-state index contributed by atoms with van der Waals surface area (Å²) in [5.41, 5.74) is 2.25. The Labute approximate surface area is 200 Å². The summed E-state index contributed by atoms with van der Waals surface area (Å²) in [5.74, 6) is -1.44. The third kappa shape index (κ3) is 7.72. The molecule has 2 rings (SSSR count). The van der Waals surface area contributed by atoms with E-state index < -0.39 is 30.1 Å². The van der Waals surface area contributed by atoms with Crippen LogP contribution in [0.15, 0.2) is 24.3 Å². The Morgan fingerprint density at radius 2 is 1.74 bits per heavy atom. The molecule has 0 aromatic heterocycles. The number of carbonyl (C=O) groups is 4. The van der Waals surface area contributed by atoms with Gasteiger partial charge in [-0.25, -0.2) is 4.79 Å². The summed E-state index contributed by atoms with van der Waals surface area (Å²) in [6.45, 7) is 5.27. The summed E-state index contributed by atoms with van der Waals surface area (Å²) >= 11 is 0. The Bertz CT molecular complexity index is 875. The molecule has 188 valence electrons. The molecule has 4 unspecified atom stereocenters. The van der Waals surface area contributed by atoms with Crippen molar-refractivity contribution in [1.29, 1.82) is 0 Å². The lowest BCUT2D eigenvalue weighted by Gasteiger charge is -2.30. The average Bonchev–Trinajstić information content (AvgIpc) is 2.80. The molecule has 34 heavy (non-hydrogen) atoms. The Morgan fingerprint density at radius 3 is 2.38 bits per heavy atom. The molecule has 0 spiro atoms. The van der Waals surface area contributed by atoms with Crippen LogP contribution in [-0.2, 0) is 20.8 Å². The van der Waals surface area contributed by atoms with Gasteiger partial charge in [0, 0.05) is 6.54 Å². The molecule has 10 nitrogen and oxygen atoms in total. The zero-order valence-corrected chi connectivity index (χ0v) is 20.3. The van der Waals surface area contributed by atoms with Gasteiger partial charge in [0.05, 0.1) is 12.1 Å². The van der Waals surface area contributed by atoms with Gasteiger partial charge in [0.2, 0.25) is 17.7 Å². The number of carboxylic acid groups (broad SMARTS) is 1. The first-order valence-corrected chi connectivity index (χ1v) is 11.8. The van der Waals surface area contributed by atoms with Gasteiger partial charge in [-0.05, 0) is 56.7 Å². The van der Waals surface area contributed by atoms with E-state index in [2.05, 4.69) is 26.6 Å². The molecule has 1 aliphatic carbocycles. The minimum Gasteiger partial charge on any atom is -0.465 e. The van der Waals surface area contributed by atoms with Gasteiger partial charge in [-0.15, -0.1) is 0 Å². The van der Waals surface area contributed by atoms with E-state index in [0.717, 1.165) is 24.8 Å². The minimum atomic E-state index is -1.21. The van der Waals surface area contributed by atoms with Gasteiger partial charge in [-0.1, -0.05) is 38.1 Å². The molecule has 0 aliphatic heterocycles. The fraction of sp³-hybridized carbons (Fsp3) is 0.583. The molecule has 1 aromatic carbocycles. The van der Waals surface area contributed by atoms with Crippen molar-refractivity contribution in [3.63, 3.8) is 0 Å². The average molecular weight is 476 g/mol. The highest BCUT2D eigenvalue weighted by Gasteiger charge is 2.31. The molecule has 1 aromatic rings. The predicted molar refractivity (Wildman–Crippen MR) is 128 cm³/mol. The second kappa shape index (κ2) is 12.9. The van der Waals surface area contributed by atoms with E-state index in [1.165, 1.54) is 5.56 Å². The van der Waals surface area contributed by atoms with Crippen molar-refractivity contribution in [3.8, 4) is 0 Å². The maximum Gasteiger partial charge on any atom is 0.404 e. The van der Waals surface area contributed by atoms with Crippen LogP contribution in [0.25, 0.3) is 0 Å². The van der Waals surface area contributed by atoms with Crippen LogP contribution in [0.4, 0.5) is 4.79 Å². The summed E-state index contributed by atoms with van der Waals surface area (Å²) < 4.78 is 0. The molecule has 0 bridgehead atoms. The number of likely N-dealkylation sites (N-methyl/N-ethyl adjacent to an activating group) is 1. The molecule has 4 amide bonds. The first kappa shape index (κ1) is 27.1. The van der Waals surface area contributed by atoms with Gasteiger partial charge in [-0.2, -0.15) is 0 Å². The highest BCUT2D eigenvalue weighted by Crippen LogP contribution is 2.29. The van der Waals surface area contributed by atoms with E-state index in [9.17, 15) is 19.2 Å². The lowest BCUT2D eigenvalue weighted by atomic mass is 9.87. The van der Waals surface area contributed by atoms with Crippen LogP contribution in [0.2, 0.25) is 0 Å². The monoisotopic (exact) mass is 475 g/mol. The third-order valence-corrected chi connectivity index (χ3v) is 6.10. The van der Waals surface area contributed by atoms with E-state index in [-0.39, 0.29) is 36.7 Å². The Hall–Kier alpha value is -3.14. The van der Waals surface area contributed by atoms with E-state index in [1.807, 2.05) is 24.3 Å². The van der Waals surface area contributed by atoms with Gasteiger partial charge < -0.3 is 31.7 Å². The molecule has 10 heteroatoms. The van der Waals surface area contributed by atoms with Crippen LogP contribution < -0.4 is 26.6 Å². The topological polar surface area (TPSA) is 149 Å². The number of fused-ring (bicyclic) bond motifs is 1. The number of benzene rings is 1. The summed E-state index contributed by atoms with van der Waals surface area (Å²) in [5, 5.41) is 22.4. The maximum atomic E-state index is 13.2. The van der Waals surface area contributed by atoms with Crippen LogP contribution in [0.1, 0.15) is 57.2 Å². The van der Waals surface area contributed by atoms with Crippen LogP contribution in [0.5, 0.6) is 0 Å². The summed E-state index contributed by atoms with van der Waals surface area (Å²) in [7, 11) is 1.65. The van der Waals surface area contributed by atoms with Crippen molar-refractivity contribution in [2.75, 3.05) is 13.6 Å². The molecule has 0 heterocycles. The van der Waals surface area contributed by atoms with E-state index in [4.69, 9.17) is 5.11 Å². The predicted octanol–water partition coefficient (Wildman–Crippen LogP) is 1.07. The van der Waals surface area contributed by atoms with Crippen LogP contribution in [0, 0.1) is 5.92 Å². The van der Waals surface area contributed by atoms with Crippen molar-refractivity contribution < 1.29 is 24.3 Å². The van der Waals surface area contributed by atoms with Crippen molar-refractivity contribution in [1.82, 2.24) is 26.6 Å². The molecule has 0 fully saturated rings. The van der Waals surface area contributed by atoms with Crippen LogP contribution >= 0.6 is 0 Å². The van der Waals surface area contributed by atoms with E-state index >= 15 is 0 Å². The fourth-order valence-electron chi connectivity index (χ4n) is 3.97. The lowest BCUT2D eigenvalue weighted by Crippen LogP contribution is -2.57. The maximum absolute atomic E-state index is 13.2. The molecule has 0 saturated heterocycles. The highest BCUT2D eigenvalue weighted by molar-refractivity contribution is 5.93. The summed E-state index contributed by atoms with van der Waals surface area (Å²) in [6, 6.07) is 5.47. The van der Waals surface area contributed by atoms with Crippen molar-refractivity contribution in [2.24, 2.45) is 5.92 Å². The number of nitrogens with one attached hydrogen (secondary N) is 5. The number of carbonyl (C=O) groups excluding carboxylic acids is 3. The fourth-order valence-corrected chi connectivity index (χ4v) is 3.97. The molecule has 4 atom stereocenters. The summed E-state index contributed by atoms with van der Waals surface area (Å²) in [6.07, 6.45) is 1.53. The molecule has 1 aliphatic rings. The number of hydrogen-bond acceptors (Lipinski definition) is 5. The Balaban J connectivity index is 2.14. The molecule has 0 saturated carbocycles. The molecule has 0 radical (unpaired) electrons. The highest BCUT2D eigenvalue weighted by atomic mass is 16.4. The molecular weight excluding hydrogens is 438 g/mol. The molecule has 6 N–H and O–H groups in total. The van der Waals surface area contributed by atoms with Crippen LogP contribution in [0.3, 0.4) is 0 Å². The number of amides is 4.